The third kappa shape index (κ3) is 9.68. The molecule has 2 aromatic rings. The van der Waals surface area contributed by atoms with Gasteiger partial charge in [-0.3, -0.25) is 0 Å². The lowest BCUT2D eigenvalue weighted by molar-refractivity contribution is -0.142. The second-order valence-corrected chi connectivity index (χ2v) is 6.32. The number of carbonyl (C=O) groups excluding carboxylic acids is 1. The van der Waals surface area contributed by atoms with E-state index in [9.17, 15) is 9.90 Å². The van der Waals surface area contributed by atoms with E-state index in [0.29, 0.717) is 17.2 Å². The fourth-order valence-corrected chi connectivity index (χ4v) is 1.84. The number of aliphatic hydroxyl groups is 1. The van der Waals surface area contributed by atoms with Crippen LogP contribution in [0.1, 0.15) is 13.8 Å². The van der Waals surface area contributed by atoms with E-state index < -0.39 is 11.6 Å². The molecule has 2 aromatic carbocycles. The summed E-state index contributed by atoms with van der Waals surface area (Å²) in [5.41, 5.74) is -0.816. The molecule has 1 N–H and O–H groups in total. The molecule has 7 nitrogen and oxygen atoms in total. The molecule has 0 saturated carbocycles. The summed E-state index contributed by atoms with van der Waals surface area (Å²) in [5.74, 6) is 2.31. The van der Waals surface area contributed by atoms with Crippen LogP contribution < -0.4 is 18.9 Å². The number of esters is 1. The first-order valence-corrected chi connectivity index (χ1v) is 8.60. The molecule has 0 aromatic heterocycles. The van der Waals surface area contributed by atoms with E-state index in [1.165, 1.54) is 7.11 Å². The summed E-state index contributed by atoms with van der Waals surface area (Å²) < 4.78 is 25.0. The number of benzene rings is 2. The Morgan fingerprint density at radius 2 is 1.32 bits per heavy atom. The topological polar surface area (TPSA) is 83.5 Å². The van der Waals surface area contributed by atoms with Gasteiger partial charge in [-0.05, 0) is 38.1 Å². The fourth-order valence-electron chi connectivity index (χ4n) is 1.84. The Bertz CT molecular complexity index is 723. The second-order valence-electron chi connectivity index (χ2n) is 6.32. The summed E-state index contributed by atoms with van der Waals surface area (Å²) >= 11 is 0. The van der Waals surface area contributed by atoms with Crippen molar-refractivity contribution >= 4 is 5.97 Å². The molecule has 0 aliphatic carbocycles. The Balaban J connectivity index is 0.000000280. The van der Waals surface area contributed by atoms with Crippen LogP contribution in [-0.2, 0) is 9.53 Å². The van der Waals surface area contributed by atoms with E-state index in [0.717, 1.165) is 5.75 Å². The van der Waals surface area contributed by atoms with Gasteiger partial charge in [-0.1, -0.05) is 12.1 Å². The Hall–Kier alpha value is -2.93. The van der Waals surface area contributed by atoms with Gasteiger partial charge in [0.25, 0.3) is 0 Å². The van der Waals surface area contributed by atoms with Gasteiger partial charge in [-0.2, -0.15) is 0 Å². The molecule has 0 aliphatic heterocycles. The number of hydrogen-bond donors (Lipinski definition) is 1. The average molecular weight is 392 g/mol. The molecular weight excluding hydrogens is 364 g/mol. The maximum atomic E-state index is 10.8. The van der Waals surface area contributed by atoms with Gasteiger partial charge in [-0.15, -0.1) is 0 Å². The molecule has 2 rings (SSSR count). The van der Waals surface area contributed by atoms with Gasteiger partial charge >= 0.3 is 5.97 Å². The second kappa shape index (κ2) is 11.7. The van der Waals surface area contributed by atoms with Crippen molar-refractivity contribution in [2.75, 3.05) is 34.5 Å². The largest absolute Gasteiger partial charge is 0.497 e. The van der Waals surface area contributed by atoms with Crippen molar-refractivity contribution in [2.24, 2.45) is 0 Å². The molecule has 0 saturated heterocycles. The molecule has 0 heterocycles. The minimum absolute atomic E-state index is 0.0936. The molecule has 0 aliphatic rings. The summed E-state index contributed by atoms with van der Waals surface area (Å²) in [6.07, 6.45) is 0. The predicted molar refractivity (Wildman–Crippen MR) is 105 cm³/mol. The SMILES string of the molecule is COC(=O)COc1cccc(OC)c1.COc1cccc(OCC(C)(C)O)c1. The number of methoxy groups -OCH3 is 3. The van der Waals surface area contributed by atoms with Crippen molar-refractivity contribution in [1.82, 2.24) is 0 Å². The molecule has 28 heavy (non-hydrogen) atoms. The molecule has 0 atom stereocenters. The van der Waals surface area contributed by atoms with Crippen LogP contribution in [0, 0.1) is 0 Å². The quantitative estimate of drug-likeness (QED) is 0.691. The zero-order chi connectivity index (χ0) is 21.0. The molecule has 0 spiro atoms. The van der Waals surface area contributed by atoms with E-state index in [1.54, 1.807) is 58.4 Å². The van der Waals surface area contributed by atoms with Gasteiger partial charge in [-0.25, -0.2) is 4.79 Å². The predicted octanol–water partition coefficient (Wildman–Crippen LogP) is 3.09. The van der Waals surface area contributed by atoms with Crippen LogP contribution in [0.5, 0.6) is 23.0 Å². The average Bonchev–Trinajstić information content (AvgIpc) is 2.70. The summed E-state index contributed by atoms with van der Waals surface area (Å²) in [5, 5.41) is 9.45. The van der Waals surface area contributed by atoms with Crippen LogP contribution in [0.25, 0.3) is 0 Å². The number of ether oxygens (including phenoxy) is 5. The maximum Gasteiger partial charge on any atom is 0.343 e. The van der Waals surface area contributed by atoms with E-state index in [-0.39, 0.29) is 13.2 Å². The van der Waals surface area contributed by atoms with Crippen molar-refractivity contribution < 1.29 is 33.6 Å². The zero-order valence-corrected chi connectivity index (χ0v) is 16.9. The van der Waals surface area contributed by atoms with Gasteiger partial charge in [0.15, 0.2) is 6.61 Å². The Kier molecular flexibility index (Phi) is 9.67. The van der Waals surface area contributed by atoms with Crippen LogP contribution in [0.3, 0.4) is 0 Å². The minimum atomic E-state index is -0.816. The van der Waals surface area contributed by atoms with Crippen molar-refractivity contribution in [1.29, 1.82) is 0 Å². The highest BCUT2D eigenvalue weighted by Gasteiger charge is 2.13. The van der Waals surface area contributed by atoms with E-state index >= 15 is 0 Å². The van der Waals surface area contributed by atoms with Crippen molar-refractivity contribution in [3.8, 4) is 23.0 Å². The first-order chi connectivity index (χ1) is 13.3. The van der Waals surface area contributed by atoms with Gasteiger partial charge in [0.2, 0.25) is 0 Å². The summed E-state index contributed by atoms with van der Waals surface area (Å²) in [4.78, 5) is 10.8. The van der Waals surface area contributed by atoms with Gasteiger partial charge < -0.3 is 28.8 Å². The monoisotopic (exact) mass is 392 g/mol. The molecule has 0 amide bonds. The summed E-state index contributed by atoms with van der Waals surface area (Å²) in [6, 6.07) is 14.3. The maximum absolute atomic E-state index is 10.8. The highest BCUT2D eigenvalue weighted by Crippen LogP contribution is 2.20. The van der Waals surface area contributed by atoms with Crippen LogP contribution in [0.4, 0.5) is 0 Å². The van der Waals surface area contributed by atoms with Crippen LogP contribution in [0.2, 0.25) is 0 Å². The zero-order valence-electron chi connectivity index (χ0n) is 16.9. The smallest absolute Gasteiger partial charge is 0.343 e. The van der Waals surface area contributed by atoms with Crippen LogP contribution >= 0.6 is 0 Å². The summed E-state index contributed by atoms with van der Waals surface area (Å²) in [6.45, 7) is 3.57. The van der Waals surface area contributed by atoms with E-state index in [1.807, 2.05) is 18.2 Å². The highest BCUT2D eigenvalue weighted by molar-refractivity contribution is 5.70. The first-order valence-electron chi connectivity index (χ1n) is 8.60. The van der Waals surface area contributed by atoms with Crippen LogP contribution in [-0.4, -0.2) is 51.2 Å². The lowest BCUT2D eigenvalue weighted by atomic mass is 10.2. The van der Waals surface area contributed by atoms with Crippen LogP contribution in [0.15, 0.2) is 48.5 Å². The fraction of sp³-hybridized carbons (Fsp3) is 0.381. The molecule has 0 bridgehead atoms. The number of carbonyl (C=O) groups is 1. The normalized spacial score (nSPS) is 10.2. The van der Waals surface area contributed by atoms with Gasteiger partial charge in [0, 0.05) is 12.1 Å². The van der Waals surface area contributed by atoms with E-state index in [2.05, 4.69) is 4.74 Å². The van der Waals surface area contributed by atoms with Gasteiger partial charge in [0.05, 0.1) is 26.9 Å². The van der Waals surface area contributed by atoms with Crippen molar-refractivity contribution in [2.45, 2.75) is 19.4 Å². The third-order valence-corrected chi connectivity index (χ3v) is 3.26. The lowest BCUT2D eigenvalue weighted by Crippen LogP contribution is -2.27. The Morgan fingerprint density at radius 1 is 0.857 bits per heavy atom. The Morgan fingerprint density at radius 3 is 1.75 bits per heavy atom. The minimum Gasteiger partial charge on any atom is -0.497 e. The Labute approximate surface area is 165 Å². The summed E-state index contributed by atoms with van der Waals surface area (Å²) in [7, 11) is 4.49. The molecule has 0 radical (unpaired) electrons. The first kappa shape index (κ1) is 23.1. The van der Waals surface area contributed by atoms with Crippen molar-refractivity contribution in [3.05, 3.63) is 48.5 Å². The number of hydrogen-bond acceptors (Lipinski definition) is 7. The third-order valence-electron chi connectivity index (χ3n) is 3.26. The highest BCUT2D eigenvalue weighted by atomic mass is 16.6. The number of rotatable bonds is 8. The van der Waals surface area contributed by atoms with E-state index in [4.69, 9.17) is 18.9 Å². The van der Waals surface area contributed by atoms with Crippen molar-refractivity contribution in [3.63, 3.8) is 0 Å². The molecule has 154 valence electrons. The van der Waals surface area contributed by atoms with Gasteiger partial charge in [0.1, 0.15) is 29.6 Å². The molecular formula is C21H28O7. The molecule has 0 unspecified atom stereocenters. The molecule has 7 heteroatoms. The molecule has 0 fully saturated rings. The lowest BCUT2D eigenvalue weighted by Gasteiger charge is -2.17. The standard InChI is InChI=1S/C11H16O3.C10H12O4/c1-11(2,12)8-14-10-6-4-5-9(7-10)13-3;1-12-8-4-3-5-9(6-8)14-7-10(11)13-2/h4-7,12H,8H2,1-3H3;3-6H,7H2,1-2H3.